The predicted molar refractivity (Wildman–Crippen MR) is 33.6 cm³/mol. The van der Waals surface area contributed by atoms with E-state index in [1.54, 1.807) is 6.08 Å². The van der Waals surface area contributed by atoms with E-state index in [9.17, 15) is 4.79 Å². The maximum atomic E-state index is 9.79. The third-order valence-corrected chi connectivity index (χ3v) is 1.18. The summed E-state index contributed by atoms with van der Waals surface area (Å²) in [6.07, 6.45) is 7.55. The molecule has 0 bridgehead atoms. The van der Waals surface area contributed by atoms with E-state index in [4.69, 9.17) is 0 Å². The Hall–Kier alpha value is -1.05. The van der Waals surface area contributed by atoms with Gasteiger partial charge >= 0.3 is 0 Å². The maximum Gasteiger partial charge on any atom is 0.298 e. The summed E-state index contributed by atoms with van der Waals surface area (Å²) in [5.74, 6) is 0.757. The Labute approximate surface area is 53.8 Å². The number of ether oxygens (including phenoxy) is 1. The number of allylic oxidation sites excluding steroid dienone is 4. The van der Waals surface area contributed by atoms with Crippen LogP contribution in [-0.2, 0) is 9.53 Å². The number of hydrogen-bond acceptors (Lipinski definition) is 2. The average Bonchev–Trinajstić information content (AvgIpc) is 1.91. The maximum absolute atomic E-state index is 9.79. The molecule has 0 atom stereocenters. The summed E-state index contributed by atoms with van der Waals surface area (Å²) in [5.41, 5.74) is 0. The molecule has 1 rings (SSSR count). The Morgan fingerprint density at radius 2 is 2.56 bits per heavy atom. The summed E-state index contributed by atoms with van der Waals surface area (Å²) < 4.78 is 4.61. The molecule has 0 aromatic carbocycles. The van der Waals surface area contributed by atoms with Gasteiger partial charge in [0.05, 0.1) is 0 Å². The van der Waals surface area contributed by atoms with Gasteiger partial charge in [-0.05, 0) is 12.5 Å². The van der Waals surface area contributed by atoms with E-state index in [-0.39, 0.29) is 0 Å². The van der Waals surface area contributed by atoms with Crippen LogP contribution in [0.2, 0.25) is 0 Å². The average molecular weight is 124 g/mol. The van der Waals surface area contributed by atoms with Crippen molar-refractivity contribution < 1.29 is 9.53 Å². The largest absolute Gasteiger partial charge is 0.433 e. The SMILES string of the molecule is O=COC1=CC=CCC1. The van der Waals surface area contributed by atoms with Crippen molar-refractivity contribution in [3.8, 4) is 0 Å². The zero-order chi connectivity index (χ0) is 6.53. The Kier molecular flexibility index (Phi) is 2.07. The first-order valence-electron chi connectivity index (χ1n) is 2.89. The summed E-state index contributed by atoms with van der Waals surface area (Å²) in [4.78, 5) is 9.79. The van der Waals surface area contributed by atoms with Crippen molar-refractivity contribution in [2.75, 3.05) is 0 Å². The van der Waals surface area contributed by atoms with Crippen LogP contribution >= 0.6 is 0 Å². The Bertz CT molecular complexity index is 156. The third-order valence-electron chi connectivity index (χ3n) is 1.18. The van der Waals surface area contributed by atoms with Gasteiger partial charge in [-0.1, -0.05) is 12.2 Å². The molecule has 0 heterocycles. The molecule has 48 valence electrons. The van der Waals surface area contributed by atoms with Gasteiger partial charge in [-0.3, -0.25) is 4.79 Å². The molecule has 1 aliphatic carbocycles. The highest BCUT2D eigenvalue weighted by Crippen LogP contribution is 2.10. The van der Waals surface area contributed by atoms with E-state index < -0.39 is 0 Å². The highest BCUT2D eigenvalue weighted by Gasteiger charge is 1.97. The van der Waals surface area contributed by atoms with Gasteiger partial charge < -0.3 is 4.74 Å². The second kappa shape index (κ2) is 3.07. The van der Waals surface area contributed by atoms with Gasteiger partial charge in [0.1, 0.15) is 5.76 Å². The van der Waals surface area contributed by atoms with E-state index in [0.29, 0.717) is 6.47 Å². The zero-order valence-corrected chi connectivity index (χ0v) is 5.04. The van der Waals surface area contributed by atoms with Crippen LogP contribution in [0.1, 0.15) is 12.8 Å². The Morgan fingerprint density at radius 1 is 1.67 bits per heavy atom. The summed E-state index contributed by atoms with van der Waals surface area (Å²) in [5, 5.41) is 0. The van der Waals surface area contributed by atoms with Crippen molar-refractivity contribution >= 4 is 6.47 Å². The molecule has 0 aromatic heterocycles. The van der Waals surface area contributed by atoms with Crippen LogP contribution in [0.3, 0.4) is 0 Å². The summed E-state index contributed by atoms with van der Waals surface area (Å²) in [6.45, 7) is 0.463. The topological polar surface area (TPSA) is 26.3 Å². The molecule has 0 fully saturated rings. The van der Waals surface area contributed by atoms with Crippen LogP contribution in [0.25, 0.3) is 0 Å². The van der Waals surface area contributed by atoms with E-state index in [1.807, 2.05) is 12.2 Å². The molecule has 0 saturated carbocycles. The van der Waals surface area contributed by atoms with Gasteiger partial charge in [0, 0.05) is 6.42 Å². The highest BCUT2D eigenvalue weighted by molar-refractivity contribution is 5.40. The van der Waals surface area contributed by atoms with Crippen LogP contribution in [0.15, 0.2) is 24.0 Å². The Balaban J connectivity index is 2.47. The molecule has 0 N–H and O–H groups in total. The quantitative estimate of drug-likeness (QED) is 0.520. The van der Waals surface area contributed by atoms with Gasteiger partial charge in [0.2, 0.25) is 0 Å². The smallest absolute Gasteiger partial charge is 0.298 e. The Morgan fingerprint density at radius 3 is 3.11 bits per heavy atom. The van der Waals surface area contributed by atoms with Crippen molar-refractivity contribution in [1.82, 2.24) is 0 Å². The van der Waals surface area contributed by atoms with Crippen molar-refractivity contribution in [2.24, 2.45) is 0 Å². The van der Waals surface area contributed by atoms with Crippen LogP contribution < -0.4 is 0 Å². The molecule has 0 aromatic rings. The number of carbonyl (C=O) groups excluding carboxylic acids is 1. The molecular weight excluding hydrogens is 116 g/mol. The molecule has 0 radical (unpaired) electrons. The molecular formula is C7H8O2. The second-order valence-corrected chi connectivity index (χ2v) is 1.81. The number of carbonyl (C=O) groups is 1. The molecule has 0 amide bonds. The molecule has 9 heavy (non-hydrogen) atoms. The summed E-state index contributed by atoms with van der Waals surface area (Å²) in [7, 11) is 0. The van der Waals surface area contributed by atoms with Crippen LogP contribution in [0.4, 0.5) is 0 Å². The van der Waals surface area contributed by atoms with Crippen LogP contribution in [0.5, 0.6) is 0 Å². The van der Waals surface area contributed by atoms with Crippen LogP contribution in [-0.4, -0.2) is 6.47 Å². The minimum absolute atomic E-state index is 0.463. The standard InChI is InChI=1S/C7H8O2/c8-6-9-7-4-2-1-3-5-7/h1-2,4,6H,3,5H2. The predicted octanol–water partition coefficient (Wildman–Crippen LogP) is 1.39. The van der Waals surface area contributed by atoms with Gasteiger partial charge in [-0.15, -0.1) is 0 Å². The lowest BCUT2D eigenvalue weighted by Gasteiger charge is -2.03. The summed E-state index contributed by atoms with van der Waals surface area (Å²) >= 11 is 0. The normalized spacial score (nSPS) is 16.7. The monoisotopic (exact) mass is 124 g/mol. The third kappa shape index (κ3) is 1.72. The lowest BCUT2D eigenvalue weighted by molar-refractivity contribution is -0.125. The summed E-state index contributed by atoms with van der Waals surface area (Å²) in [6, 6.07) is 0. The lowest BCUT2D eigenvalue weighted by atomic mass is 10.2. The van der Waals surface area contributed by atoms with Gasteiger partial charge in [-0.25, -0.2) is 0 Å². The minimum Gasteiger partial charge on any atom is -0.433 e. The van der Waals surface area contributed by atoms with Crippen molar-refractivity contribution in [3.63, 3.8) is 0 Å². The van der Waals surface area contributed by atoms with E-state index in [0.717, 1.165) is 18.6 Å². The lowest BCUT2D eigenvalue weighted by Crippen LogP contribution is -1.91. The molecule has 2 heteroatoms. The fourth-order valence-corrected chi connectivity index (χ4v) is 0.741. The fourth-order valence-electron chi connectivity index (χ4n) is 0.741. The van der Waals surface area contributed by atoms with Crippen molar-refractivity contribution in [3.05, 3.63) is 24.0 Å². The van der Waals surface area contributed by atoms with Crippen LogP contribution in [0, 0.1) is 0 Å². The molecule has 0 saturated heterocycles. The van der Waals surface area contributed by atoms with Gasteiger partial charge in [0.25, 0.3) is 6.47 Å². The number of hydrogen-bond donors (Lipinski definition) is 0. The second-order valence-electron chi connectivity index (χ2n) is 1.81. The minimum atomic E-state index is 0.463. The molecule has 0 unspecified atom stereocenters. The van der Waals surface area contributed by atoms with E-state index in [2.05, 4.69) is 4.74 Å². The van der Waals surface area contributed by atoms with Gasteiger partial charge in [-0.2, -0.15) is 0 Å². The first kappa shape index (κ1) is 6.08. The molecule has 0 aliphatic heterocycles. The molecule has 0 spiro atoms. The number of rotatable bonds is 2. The van der Waals surface area contributed by atoms with E-state index >= 15 is 0 Å². The zero-order valence-electron chi connectivity index (χ0n) is 5.04. The first-order chi connectivity index (χ1) is 4.43. The molecule has 2 nitrogen and oxygen atoms in total. The van der Waals surface area contributed by atoms with Gasteiger partial charge in [0.15, 0.2) is 0 Å². The molecule has 1 aliphatic rings. The van der Waals surface area contributed by atoms with E-state index in [1.165, 1.54) is 0 Å². The fraction of sp³-hybridized carbons (Fsp3) is 0.286. The van der Waals surface area contributed by atoms with Crippen molar-refractivity contribution in [2.45, 2.75) is 12.8 Å². The van der Waals surface area contributed by atoms with Crippen molar-refractivity contribution in [1.29, 1.82) is 0 Å². The first-order valence-corrected chi connectivity index (χ1v) is 2.89. The highest BCUT2D eigenvalue weighted by atomic mass is 16.5.